The number of hydrogen-bond donors (Lipinski definition) is 2. The molecule has 2 aliphatic rings. The average molecular weight is 295 g/mol. The summed E-state index contributed by atoms with van der Waals surface area (Å²) in [5.41, 5.74) is 2.36. The Labute approximate surface area is 123 Å². The van der Waals surface area contributed by atoms with Crippen molar-refractivity contribution >= 4 is 23.5 Å². The van der Waals surface area contributed by atoms with Crippen molar-refractivity contribution in [1.82, 2.24) is 10.7 Å². The standard InChI is InChI=1S/C14H21N3O4/c18-12-7-6-11(16-17-12)14(20)21-9-13(19)15-8-10-4-2-1-3-5-10/h10H,1-9H2,(H,15,19)(H,17,18). The van der Waals surface area contributed by atoms with Crippen molar-refractivity contribution in [3.8, 4) is 0 Å². The first-order valence-corrected chi connectivity index (χ1v) is 7.44. The molecule has 2 N–H and O–H groups in total. The fourth-order valence-electron chi connectivity index (χ4n) is 2.54. The normalized spacial score (nSPS) is 19.4. The smallest absolute Gasteiger partial charge is 0.355 e. The third-order valence-corrected chi connectivity index (χ3v) is 3.79. The highest BCUT2D eigenvalue weighted by Crippen LogP contribution is 2.22. The summed E-state index contributed by atoms with van der Waals surface area (Å²) < 4.78 is 4.89. The highest BCUT2D eigenvalue weighted by molar-refractivity contribution is 6.37. The Bertz CT molecular complexity index is 442. The molecule has 1 aliphatic carbocycles. The number of rotatable bonds is 5. The SMILES string of the molecule is O=C(COC(=O)C1=NNC(=O)CC1)NCC1CCCCC1. The molecular formula is C14H21N3O4. The van der Waals surface area contributed by atoms with E-state index < -0.39 is 5.97 Å². The van der Waals surface area contributed by atoms with Crippen LogP contribution in [-0.4, -0.2) is 36.6 Å². The quantitative estimate of drug-likeness (QED) is 0.721. The van der Waals surface area contributed by atoms with Gasteiger partial charge in [-0.25, -0.2) is 10.2 Å². The van der Waals surface area contributed by atoms with Crippen molar-refractivity contribution in [3.05, 3.63) is 0 Å². The topological polar surface area (TPSA) is 96.9 Å². The second-order valence-corrected chi connectivity index (χ2v) is 5.48. The van der Waals surface area contributed by atoms with Crippen LogP contribution in [-0.2, 0) is 19.1 Å². The molecule has 1 heterocycles. The van der Waals surface area contributed by atoms with E-state index in [1.165, 1.54) is 19.3 Å². The van der Waals surface area contributed by atoms with Gasteiger partial charge in [-0.2, -0.15) is 5.10 Å². The molecule has 2 amide bonds. The lowest BCUT2D eigenvalue weighted by molar-refractivity contribution is -0.142. The van der Waals surface area contributed by atoms with Crippen LogP contribution in [0.4, 0.5) is 0 Å². The van der Waals surface area contributed by atoms with E-state index in [9.17, 15) is 14.4 Å². The third kappa shape index (κ3) is 5.17. The van der Waals surface area contributed by atoms with Crippen molar-refractivity contribution in [2.24, 2.45) is 11.0 Å². The molecule has 0 atom stereocenters. The Morgan fingerprint density at radius 3 is 2.67 bits per heavy atom. The lowest BCUT2D eigenvalue weighted by Crippen LogP contribution is -2.35. The molecule has 21 heavy (non-hydrogen) atoms. The number of esters is 1. The Hall–Kier alpha value is -1.92. The van der Waals surface area contributed by atoms with Crippen LogP contribution < -0.4 is 10.7 Å². The minimum absolute atomic E-state index is 0.148. The molecule has 0 aromatic rings. The van der Waals surface area contributed by atoms with Gasteiger partial charge in [-0.15, -0.1) is 0 Å². The molecule has 7 nitrogen and oxygen atoms in total. The van der Waals surface area contributed by atoms with Gasteiger partial charge in [0.2, 0.25) is 5.91 Å². The largest absolute Gasteiger partial charge is 0.451 e. The zero-order valence-electron chi connectivity index (χ0n) is 12.0. The van der Waals surface area contributed by atoms with E-state index in [4.69, 9.17) is 4.74 Å². The second kappa shape index (κ2) is 7.75. The number of ether oxygens (including phenoxy) is 1. The van der Waals surface area contributed by atoms with Gasteiger partial charge < -0.3 is 10.1 Å². The summed E-state index contributed by atoms with van der Waals surface area (Å²) >= 11 is 0. The van der Waals surface area contributed by atoms with E-state index in [1.807, 2.05) is 0 Å². The van der Waals surface area contributed by atoms with Crippen LogP contribution in [0, 0.1) is 5.92 Å². The minimum Gasteiger partial charge on any atom is -0.451 e. The van der Waals surface area contributed by atoms with E-state index in [2.05, 4.69) is 15.8 Å². The number of carbonyl (C=O) groups is 3. The number of nitrogens with zero attached hydrogens (tertiary/aromatic N) is 1. The van der Waals surface area contributed by atoms with Gasteiger partial charge in [-0.1, -0.05) is 19.3 Å². The van der Waals surface area contributed by atoms with E-state index in [0.29, 0.717) is 12.5 Å². The highest BCUT2D eigenvalue weighted by atomic mass is 16.5. The molecule has 1 saturated carbocycles. The molecule has 0 saturated heterocycles. The molecule has 0 unspecified atom stereocenters. The van der Waals surface area contributed by atoms with Crippen LogP contribution >= 0.6 is 0 Å². The molecule has 0 aromatic heterocycles. The van der Waals surface area contributed by atoms with Crippen LogP contribution in [0.5, 0.6) is 0 Å². The zero-order chi connectivity index (χ0) is 15.1. The number of hydrogen-bond acceptors (Lipinski definition) is 5. The highest BCUT2D eigenvalue weighted by Gasteiger charge is 2.20. The maximum atomic E-state index is 11.6. The Morgan fingerprint density at radius 2 is 2.00 bits per heavy atom. The van der Waals surface area contributed by atoms with Gasteiger partial charge in [0.15, 0.2) is 6.61 Å². The van der Waals surface area contributed by atoms with Crippen LogP contribution in [0.25, 0.3) is 0 Å². The minimum atomic E-state index is -0.650. The Balaban J connectivity index is 1.64. The monoisotopic (exact) mass is 295 g/mol. The maximum Gasteiger partial charge on any atom is 0.355 e. The van der Waals surface area contributed by atoms with E-state index in [-0.39, 0.29) is 37.0 Å². The van der Waals surface area contributed by atoms with Crippen LogP contribution in [0.15, 0.2) is 5.10 Å². The maximum absolute atomic E-state index is 11.6. The number of hydrazone groups is 1. The van der Waals surface area contributed by atoms with Gasteiger partial charge >= 0.3 is 5.97 Å². The lowest BCUT2D eigenvalue weighted by Gasteiger charge is -2.21. The summed E-state index contributed by atoms with van der Waals surface area (Å²) in [7, 11) is 0. The Kier molecular flexibility index (Phi) is 5.71. The molecule has 1 fully saturated rings. The van der Waals surface area contributed by atoms with Crippen molar-refractivity contribution in [3.63, 3.8) is 0 Å². The summed E-state index contributed by atoms with van der Waals surface area (Å²) in [5.74, 6) is -0.634. The van der Waals surface area contributed by atoms with Crippen molar-refractivity contribution in [1.29, 1.82) is 0 Å². The van der Waals surface area contributed by atoms with Crippen LogP contribution in [0.1, 0.15) is 44.9 Å². The van der Waals surface area contributed by atoms with E-state index >= 15 is 0 Å². The fourth-order valence-corrected chi connectivity index (χ4v) is 2.54. The molecule has 7 heteroatoms. The van der Waals surface area contributed by atoms with Crippen molar-refractivity contribution in [2.45, 2.75) is 44.9 Å². The van der Waals surface area contributed by atoms with Gasteiger partial charge in [-0.3, -0.25) is 9.59 Å². The molecule has 0 spiro atoms. The summed E-state index contributed by atoms with van der Waals surface area (Å²) in [6.45, 7) is 0.339. The zero-order valence-corrected chi connectivity index (χ0v) is 12.0. The summed E-state index contributed by atoms with van der Waals surface area (Å²) in [5, 5.41) is 6.41. The van der Waals surface area contributed by atoms with E-state index in [1.54, 1.807) is 0 Å². The predicted octanol–water partition coefficient (Wildman–Crippen LogP) is 0.492. The van der Waals surface area contributed by atoms with Gasteiger partial charge in [0, 0.05) is 19.4 Å². The van der Waals surface area contributed by atoms with Crippen LogP contribution in [0.2, 0.25) is 0 Å². The third-order valence-electron chi connectivity index (χ3n) is 3.79. The first-order valence-electron chi connectivity index (χ1n) is 7.44. The predicted molar refractivity (Wildman–Crippen MR) is 75.4 cm³/mol. The van der Waals surface area contributed by atoms with Gasteiger partial charge in [-0.05, 0) is 18.8 Å². The van der Waals surface area contributed by atoms with Gasteiger partial charge in [0.1, 0.15) is 5.71 Å². The molecule has 0 radical (unpaired) electrons. The molecule has 116 valence electrons. The molecule has 0 aromatic carbocycles. The van der Waals surface area contributed by atoms with E-state index in [0.717, 1.165) is 12.8 Å². The number of amides is 2. The average Bonchev–Trinajstić information content (AvgIpc) is 2.52. The van der Waals surface area contributed by atoms with Crippen molar-refractivity contribution < 1.29 is 19.1 Å². The molecule has 0 bridgehead atoms. The molecule has 1 aliphatic heterocycles. The van der Waals surface area contributed by atoms with Crippen molar-refractivity contribution in [2.75, 3.05) is 13.2 Å². The first-order chi connectivity index (χ1) is 10.1. The van der Waals surface area contributed by atoms with Crippen LogP contribution in [0.3, 0.4) is 0 Å². The summed E-state index contributed by atoms with van der Waals surface area (Å²) in [4.78, 5) is 34.2. The van der Waals surface area contributed by atoms with Gasteiger partial charge in [0.05, 0.1) is 0 Å². The fraction of sp³-hybridized carbons (Fsp3) is 0.714. The number of nitrogens with one attached hydrogen (secondary N) is 2. The van der Waals surface area contributed by atoms with Gasteiger partial charge in [0.25, 0.3) is 5.91 Å². The first kappa shape index (κ1) is 15.5. The second-order valence-electron chi connectivity index (χ2n) is 5.48. The molecular weight excluding hydrogens is 274 g/mol. The molecule has 2 rings (SSSR count). The Morgan fingerprint density at radius 1 is 1.24 bits per heavy atom. The summed E-state index contributed by atoms with van der Waals surface area (Å²) in [6.07, 6.45) is 6.48. The summed E-state index contributed by atoms with van der Waals surface area (Å²) in [6, 6.07) is 0. The number of carbonyl (C=O) groups excluding carboxylic acids is 3. The lowest BCUT2D eigenvalue weighted by atomic mass is 9.89.